The molecule has 3 atom stereocenters. The summed E-state index contributed by atoms with van der Waals surface area (Å²) in [6.45, 7) is 2.85. The Labute approximate surface area is 117 Å². The summed E-state index contributed by atoms with van der Waals surface area (Å²) in [6, 6.07) is 5.68. The van der Waals surface area contributed by atoms with Crippen molar-refractivity contribution in [3.8, 4) is 0 Å². The van der Waals surface area contributed by atoms with E-state index < -0.39 is 0 Å². The number of rotatable bonds is 3. The first-order chi connectivity index (χ1) is 8.06. The van der Waals surface area contributed by atoms with Crippen LogP contribution in [0.15, 0.2) is 18.2 Å². The van der Waals surface area contributed by atoms with E-state index in [9.17, 15) is 0 Å². The van der Waals surface area contributed by atoms with Crippen LogP contribution in [0, 0.1) is 5.92 Å². The molecule has 1 aliphatic heterocycles. The van der Waals surface area contributed by atoms with Crippen LogP contribution >= 0.6 is 34.8 Å². The lowest BCUT2D eigenvalue weighted by molar-refractivity contribution is 0.120. The van der Waals surface area contributed by atoms with Crippen molar-refractivity contribution in [3.05, 3.63) is 33.8 Å². The molecule has 1 nitrogen and oxygen atoms in total. The van der Waals surface area contributed by atoms with Crippen LogP contribution in [0.2, 0.25) is 10.0 Å². The van der Waals surface area contributed by atoms with Crippen LogP contribution in [0.3, 0.4) is 0 Å². The molecule has 1 saturated heterocycles. The summed E-state index contributed by atoms with van der Waals surface area (Å²) in [6.07, 6.45) is 2.17. The normalized spacial score (nSPS) is 26.1. The lowest BCUT2D eigenvalue weighted by Crippen LogP contribution is -2.17. The fourth-order valence-corrected chi connectivity index (χ4v) is 2.84. The number of ether oxygens (including phenoxy) is 1. The fraction of sp³-hybridized carbons (Fsp3) is 0.538. The molecule has 1 fully saturated rings. The summed E-state index contributed by atoms with van der Waals surface area (Å²) in [4.78, 5) is 0. The molecule has 1 aromatic carbocycles. The van der Waals surface area contributed by atoms with E-state index in [2.05, 4.69) is 6.92 Å². The van der Waals surface area contributed by atoms with Gasteiger partial charge in [0, 0.05) is 11.3 Å². The molecule has 0 spiro atoms. The van der Waals surface area contributed by atoms with E-state index in [-0.39, 0.29) is 5.38 Å². The molecule has 0 amide bonds. The fourth-order valence-electron chi connectivity index (χ4n) is 2.16. The number of hydrogen-bond acceptors (Lipinski definition) is 1. The Hall–Kier alpha value is 0.0500. The maximum Gasteiger partial charge on any atom is 0.0595 e. The second-order valence-corrected chi connectivity index (χ2v) is 5.98. The van der Waals surface area contributed by atoms with E-state index in [1.54, 1.807) is 0 Å². The molecule has 0 N–H and O–H groups in total. The van der Waals surface area contributed by atoms with Gasteiger partial charge in [-0.05, 0) is 37.5 Å². The van der Waals surface area contributed by atoms with Gasteiger partial charge in [-0.25, -0.2) is 0 Å². The Kier molecular flexibility index (Phi) is 4.59. The topological polar surface area (TPSA) is 9.23 Å². The first-order valence-corrected chi connectivity index (χ1v) is 6.95. The lowest BCUT2D eigenvalue weighted by atomic mass is 9.96. The summed E-state index contributed by atoms with van der Waals surface area (Å²) in [7, 11) is 0. The molecule has 94 valence electrons. The largest absolute Gasteiger partial charge is 0.378 e. The highest BCUT2D eigenvalue weighted by molar-refractivity contribution is 6.42. The smallest absolute Gasteiger partial charge is 0.0595 e. The van der Waals surface area contributed by atoms with E-state index in [0.717, 1.165) is 25.0 Å². The molecule has 17 heavy (non-hydrogen) atoms. The standard InChI is InChI=1S/C13H15Cl3O/c1-8-4-10(7-17-8)12(15)5-9-2-3-11(14)13(16)6-9/h2-3,6,8,10,12H,4-5,7H2,1H3. The predicted octanol–water partition coefficient (Wildman–Crippen LogP) is 4.57. The van der Waals surface area contributed by atoms with Gasteiger partial charge in [-0.15, -0.1) is 11.6 Å². The van der Waals surface area contributed by atoms with Gasteiger partial charge in [0.1, 0.15) is 0 Å². The Bertz CT molecular complexity index is 394. The van der Waals surface area contributed by atoms with E-state index in [1.807, 2.05) is 18.2 Å². The van der Waals surface area contributed by atoms with E-state index >= 15 is 0 Å². The van der Waals surface area contributed by atoms with Crippen molar-refractivity contribution in [3.63, 3.8) is 0 Å². The van der Waals surface area contributed by atoms with Crippen LogP contribution in [0.4, 0.5) is 0 Å². The Morgan fingerprint density at radius 3 is 2.71 bits per heavy atom. The predicted molar refractivity (Wildman–Crippen MR) is 73.3 cm³/mol. The molecule has 4 heteroatoms. The van der Waals surface area contributed by atoms with Crippen LogP contribution in [0.5, 0.6) is 0 Å². The van der Waals surface area contributed by atoms with Crippen molar-refractivity contribution in [2.75, 3.05) is 6.61 Å². The summed E-state index contributed by atoms with van der Waals surface area (Å²) in [5.74, 6) is 0.432. The summed E-state index contributed by atoms with van der Waals surface area (Å²) in [5.41, 5.74) is 1.12. The quantitative estimate of drug-likeness (QED) is 0.742. The molecule has 0 bridgehead atoms. The number of halogens is 3. The molecule has 0 aliphatic carbocycles. The summed E-state index contributed by atoms with van der Waals surface area (Å²) in [5, 5.41) is 1.26. The SMILES string of the molecule is CC1CC(C(Cl)Cc2ccc(Cl)c(Cl)c2)CO1. The van der Waals surface area contributed by atoms with E-state index in [0.29, 0.717) is 22.1 Å². The van der Waals surface area contributed by atoms with Crippen molar-refractivity contribution in [2.45, 2.75) is 31.2 Å². The van der Waals surface area contributed by atoms with Gasteiger partial charge in [-0.1, -0.05) is 29.3 Å². The monoisotopic (exact) mass is 292 g/mol. The van der Waals surface area contributed by atoms with Gasteiger partial charge < -0.3 is 4.74 Å². The maximum absolute atomic E-state index is 6.42. The second kappa shape index (κ2) is 5.79. The summed E-state index contributed by atoms with van der Waals surface area (Å²) < 4.78 is 5.54. The minimum atomic E-state index is 0.0946. The zero-order valence-electron chi connectivity index (χ0n) is 9.63. The van der Waals surface area contributed by atoms with Crippen molar-refractivity contribution in [1.82, 2.24) is 0 Å². The lowest BCUT2D eigenvalue weighted by Gasteiger charge is -2.15. The molecule has 0 aromatic heterocycles. The van der Waals surface area contributed by atoms with Crippen LogP contribution < -0.4 is 0 Å². The molecular weight excluding hydrogens is 279 g/mol. The van der Waals surface area contributed by atoms with Crippen molar-refractivity contribution < 1.29 is 4.74 Å². The molecule has 2 rings (SSSR count). The first-order valence-electron chi connectivity index (χ1n) is 5.76. The second-order valence-electron chi connectivity index (χ2n) is 4.61. The van der Waals surface area contributed by atoms with Crippen molar-refractivity contribution >= 4 is 34.8 Å². The van der Waals surface area contributed by atoms with Gasteiger partial charge in [-0.2, -0.15) is 0 Å². The average molecular weight is 294 g/mol. The number of benzene rings is 1. The molecule has 3 unspecified atom stereocenters. The van der Waals surface area contributed by atoms with Gasteiger partial charge >= 0.3 is 0 Å². The zero-order chi connectivity index (χ0) is 12.4. The number of hydrogen-bond donors (Lipinski definition) is 0. The first kappa shape index (κ1) is 13.5. The van der Waals surface area contributed by atoms with Gasteiger partial charge in [0.15, 0.2) is 0 Å². The molecule has 1 aliphatic rings. The highest BCUT2D eigenvalue weighted by Gasteiger charge is 2.28. The van der Waals surface area contributed by atoms with Gasteiger partial charge in [-0.3, -0.25) is 0 Å². The van der Waals surface area contributed by atoms with Crippen LogP contribution in [-0.2, 0) is 11.2 Å². The third kappa shape index (κ3) is 3.51. The number of alkyl halides is 1. The van der Waals surface area contributed by atoms with Crippen LogP contribution in [-0.4, -0.2) is 18.1 Å². The highest BCUT2D eigenvalue weighted by Crippen LogP contribution is 2.29. The minimum Gasteiger partial charge on any atom is -0.378 e. The Morgan fingerprint density at radius 1 is 1.35 bits per heavy atom. The minimum absolute atomic E-state index is 0.0946. The zero-order valence-corrected chi connectivity index (χ0v) is 11.9. The van der Waals surface area contributed by atoms with Gasteiger partial charge in [0.05, 0.1) is 22.8 Å². The van der Waals surface area contributed by atoms with Crippen molar-refractivity contribution in [2.24, 2.45) is 5.92 Å². The van der Waals surface area contributed by atoms with Crippen LogP contribution in [0.1, 0.15) is 18.9 Å². The molecule has 0 saturated carbocycles. The van der Waals surface area contributed by atoms with E-state index in [1.165, 1.54) is 0 Å². The van der Waals surface area contributed by atoms with Crippen LogP contribution in [0.25, 0.3) is 0 Å². The average Bonchev–Trinajstić information content (AvgIpc) is 2.70. The van der Waals surface area contributed by atoms with Gasteiger partial charge in [0.2, 0.25) is 0 Å². The van der Waals surface area contributed by atoms with Gasteiger partial charge in [0.25, 0.3) is 0 Å². The highest BCUT2D eigenvalue weighted by atomic mass is 35.5. The molecule has 1 aromatic rings. The van der Waals surface area contributed by atoms with Crippen molar-refractivity contribution in [1.29, 1.82) is 0 Å². The third-order valence-corrected chi connectivity index (χ3v) is 4.41. The molecule has 0 radical (unpaired) electrons. The summed E-state index contributed by atoms with van der Waals surface area (Å²) >= 11 is 18.3. The maximum atomic E-state index is 6.42. The molecular formula is C13H15Cl3O. The molecule has 1 heterocycles. The van der Waals surface area contributed by atoms with E-state index in [4.69, 9.17) is 39.5 Å². The third-order valence-electron chi connectivity index (χ3n) is 3.16. The Morgan fingerprint density at radius 2 is 2.12 bits per heavy atom. The Balaban J connectivity index is 1.98.